The van der Waals surface area contributed by atoms with E-state index in [2.05, 4.69) is 0 Å². The lowest BCUT2D eigenvalue weighted by Crippen LogP contribution is -2.69. The average Bonchev–Trinajstić information content (AvgIpc) is 2.53. The van der Waals surface area contributed by atoms with Crippen molar-refractivity contribution in [2.75, 3.05) is 6.26 Å². The van der Waals surface area contributed by atoms with E-state index in [9.17, 15) is 52.7 Å². The Balaban J connectivity index is 3.45. The highest BCUT2D eigenvalue weighted by molar-refractivity contribution is 7.97. The summed E-state index contributed by atoms with van der Waals surface area (Å²) in [5, 5.41) is -5.96. The smallest absolute Gasteiger partial charge is 0.203 e. The fraction of sp³-hybridized carbons (Fsp3) is 0.538. The zero-order valence-electron chi connectivity index (χ0n) is 12.4. The van der Waals surface area contributed by atoms with Crippen molar-refractivity contribution in [3.8, 4) is 0 Å². The van der Waals surface area contributed by atoms with Crippen LogP contribution in [0.5, 0.6) is 0 Å². The van der Waals surface area contributed by atoms with Gasteiger partial charge in [0.15, 0.2) is 4.90 Å². The van der Waals surface area contributed by atoms with E-state index in [0.29, 0.717) is 6.26 Å². The predicted molar refractivity (Wildman–Crippen MR) is 68.7 cm³/mol. The fourth-order valence-electron chi connectivity index (χ4n) is 1.69. The molecule has 26 heavy (non-hydrogen) atoms. The lowest BCUT2D eigenvalue weighted by Gasteiger charge is -2.37. The van der Waals surface area contributed by atoms with Gasteiger partial charge in [-0.1, -0.05) is 18.2 Å². The monoisotopic (exact) mass is 425 g/mol. The van der Waals surface area contributed by atoms with Crippen LogP contribution in [0, 0.1) is 0 Å². The van der Waals surface area contributed by atoms with Gasteiger partial charge in [-0.2, -0.15) is 35.1 Å². The molecule has 0 spiro atoms. The van der Waals surface area contributed by atoms with Gasteiger partial charge in [-0.05, 0) is 12.1 Å². The third kappa shape index (κ3) is 3.11. The summed E-state index contributed by atoms with van der Waals surface area (Å²) in [6, 6.07) is 4.91. The summed E-state index contributed by atoms with van der Waals surface area (Å²) in [5.74, 6) is -29.0. The predicted octanol–water partition coefficient (Wildman–Crippen LogP) is 5.69. The van der Waals surface area contributed by atoms with Gasteiger partial charge in [0.2, 0.25) is 0 Å². The molecule has 0 amide bonds. The van der Waals surface area contributed by atoms with E-state index in [1.165, 1.54) is 6.07 Å². The third-order valence-corrected chi connectivity index (χ3v) is 5.33. The highest BCUT2D eigenvalue weighted by Gasteiger charge is 2.91. The Kier molecular flexibility index (Phi) is 5.88. The highest BCUT2D eigenvalue weighted by Crippen LogP contribution is 2.59. The van der Waals surface area contributed by atoms with Gasteiger partial charge in [0.25, 0.3) is 0 Å². The van der Waals surface area contributed by atoms with Gasteiger partial charge >= 0.3 is 35.4 Å². The maximum atomic E-state index is 13.9. The minimum Gasteiger partial charge on any atom is -0.203 e. The topological polar surface area (TPSA) is 0 Å². The van der Waals surface area contributed by atoms with Crippen molar-refractivity contribution < 1.29 is 52.7 Å². The quantitative estimate of drug-likeness (QED) is 0.389. The second-order valence-electron chi connectivity index (χ2n) is 4.99. The highest BCUT2D eigenvalue weighted by atomic mass is 32.2. The summed E-state index contributed by atoms with van der Waals surface area (Å²) < 4.78 is 158. The molecule has 1 rings (SSSR count). The largest absolute Gasteiger partial charge is 0.485 e. The second kappa shape index (κ2) is 6.71. The van der Waals surface area contributed by atoms with Gasteiger partial charge < -0.3 is 0 Å². The molecule has 150 valence electrons. The van der Waals surface area contributed by atoms with Crippen LogP contribution in [0.1, 0.15) is 0 Å². The molecule has 1 aromatic carbocycles. The average molecular weight is 425 g/mol. The molecule has 0 fully saturated rings. The first-order valence-corrected chi connectivity index (χ1v) is 7.98. The number of hydrogen-bond acceptors (Lipinski definition) is 0. The summed E-state index contributed by atoms with van der Waals surface area (Å²) in [6.45, 7) is 0. The zero-order chi connectivity index (χ0) is 20.8. The van der Waals surface area contributed by atoms with Crippen LogP contribution in [0.15, 0.2) is 35.2 Å². The number of benzene rings is 1. The maximum absolute atomic E-state index is 13.9. The Hall–Kier alpha value is -1.27. The maximum Gasteiger partial charge on any atom is 0.485 e. The Bertz CT molecular complexity index is 613. The van der Waals surface area contributed by atoms with E-state index in [0.717, 1.165) is 24.3 Å². The Morgan fingerprint density at radius 1 is 0.692 bits per heavy atom. The van der Waals surface area contributed by atoms with E-state index in [1.54, 1.807) is 0 Å². The number of alkyl halides is 12. The van der Waals surface area contributed by atoms with Crippen molar-refractivity contribution in [1.82, 2.24) is 0 Å². The summed E-state index contributed by atoms with van der Waals surface area (Å²) in [6.07, 6.45) is -5.20. The van der Waals surface area contributed by atoms with Crippen LogP contribution in [-0.2, 0) is 10.9 Å². The van der Waals surface area contributed by atoms with Gasteiger partial charge in [-0.3, -0.25) is 0 Å². The molecule has 1 aromatic rings. The Morgan fingerprint density at radius 3 is 1.50 bits per heavy atom. The fourth-order valence-corrected chi connectivity index (χ4v) is 3.07. The molecule has 0 aliphatic carbocycles. The molecule has 0 N–H and O–H groups in total. The minimum atomic E-state index is -7.49. The summed E-state index contributed by atoms with van der Waals surface area (Å²) >= 11 is 0. The van der Waals surface area contributed by atoms with Crippen molar-refractivity contribution in [3.05, 3.63) is 30.3 Å². The van der Waals surface area contributed by atoms with Crippen LogP contribution in [0.3, 0.4) is 0 Å². The standard InChI is InChI=1S/C13H9F12S/c1-26(7-5-3-2-4-6-7)13(24,25)12(22,23)11(20,21)10(18,19)9(16,17)8(14)15/h2-6,8H,1H3/q+1. The molecule has 0 saturated carbocycles. The normalized spacial score (nSPS) is 16.1. The van der Waals surface area contributed by atoms with Crippen LogP contribution in [0.25, 0.3) is 0 Å². The summed E-state index contributed by atoms with van der Waals surface area (Å²) in [4.78, 5) is -0.670. The molecular weight excluding hydrogens is 416 g/mol. The van der Waals surface area contributed by atoms with Gasteiger partial charge in [0, 0.05) is 0 Å². The molecule has 0 heterocycles. The zero-order valence-corrected chi connectivity index (χ0v) is 13.2. The molecular formula is C13H9F12S+. The van der Waals surface area contributed by atoms with Gasteiger partial charge in [0.05, 0.1) is 0 Å². The van der Waals surface area contributed by atoms with E-state index < -0.39 is 51.2 Å². The molecule has 0 nitrogen and oxygen atoms in total. The van der Waals surface area contributed by atoms with Gasteiger partial charge in [-0.25, -0.2) is 8.78 Å². The molecule has 0 aromatic heterocycles. The number of halogens is 12. The van der Waals surface area contributed by atoms with E-state index >= 15 is 0 Å². The summed E-state index contributed by atoms with van der Waals surface area (Å²) in [7, 11) is -3.16. The van der Waals surface area contributed by atoms with Crippen molar-refractivity contribution in [3.63, 3.8) is 0 Å². The van der Waals surface area contributed by atoms with Gasteiger partial charge in [-0.15, -0.1) is 8.78 Å². The Labute approximate surface area is 141 Å². The van der Waals surface area contributed by atoms with Crippen LogP contribution in [0.2, 0.25) is 0 Å². The molecule has 0 radical (unpaired) electrons. The van der Waals surface area contributed by atoms with Crippen LogP contribution in [0.4, 0.5) is 52.7 Å². The van der Waals surface area contributed by atoms with Crippen LogP contribution < -0.4 is 0 Å². The van der Waals surface area contributed by atoms with Crippen molar-refractivity contribution in [2.45, 2.75) is 40.3 Å². The lowest BCUT2D eigenvalue weighted by molar-refractivity contribution is -0.402. The molecule has 0 bridgehead atoms. The van der Waals surface area contributed by atoms with Crippen LogP contribution in [-0.4, -0.2) is 41.6 Å². The SMILES string of the molecule is C[S+](c1ccccc1)C(F)(F)C(F)(F)C(F)(F)C(F)(F)C(F)(F)C(F)F. The minimum absolute atomic E-state index is 0.294. The van der Waals surface area contributed by atoms with E-state index in [-0.39, 0.29) is 0 Å². The van der Waals surface area contributed by atoms with Crippen molar-refractivity contribution in [2.24, 2.45) is 0 Å². The van der Waals surface area contributed by atoms with Gasteiger partial charge in [0.1, 0.15) is 17.2 Å². The molecule has 13 heteroatoms. The molecule has 0 saturated heterocycles. The lowest BCUT2D eigenvalue weighted by atomic mass is 9.99. The first-order chi connectivity index (χ1) is 11.5. The Morgan fingerprint density at radius 2 is 1.12 bits per heavy atom. The van der Waals surface area contributed by atoms with E-state index in [4.69, 9.17) is 0 Å². The van der Waals surface area contributed by atoms with E-state index in [1.807, 2.05) is 0 Å². The second-order valence-corrected chi connectivity index (χ2v) is 6.99. The van der Waals surface area contributed by atoms with Crippen molar-refractivity contribution in [1.29, 1.82) is 0 Å². The molecule has 0 aliphatic heterocycles. The first-order valence-electron chi connectivity index (χ1n) is 6.34. The molecule has 1 atom stereocenters. The third-order valence-electron chi connectivity index (χ3n) is 3.33. The first kappa shape index (κ1) is 22.8. The van der Waals surface area contributed by atoms with Crippen LogP contribution >= 0.6 is 0 Å². The number of hydrogen-bond donors (Lipinski definition) is 0. The summed E-state index contributed by atoms with van der Waals surface area (Å²) in [5.41, 5.74) is 0. The number of rotatable bonds is 7. The molecule has 0 aliphatic rings. The molecule has 1 unspecified atom stereocenters. The van der Waals surface area contributed by atoms with Crippen molar-refractivity contribution >= 4 is 10.9 Å².